The van der Waals surface area contributed by atoms with Crippen LogP contribution in [0.1, 0.15) is 30.8 Å². The van der Waals surface area contributed by atoms with E-state index in [1.165, 1.54) is 5.69 Å². The molecule has 6 nitrogen and oxygen atoms in total. The monoisotopic (exact) mass is 336 g/mol. The van der Waals surface area contributed by atoms with Gasteiger partial charge in [-0.05, 0) is 19.3 Å². The summed E-state index contributed by atoms with van der Waals surface area (Å²) in [5.74, 6) is 0.698. The molecule has 0 aromatic carbocycles. The van der Waals surface area contributed by atoms with Crippen molar-refractivity contribution in [2.45, 2.75) is 44.4 Å². The van der Waals surface area contributed by atoms with Crippen molar-refractivity contribution in [3.63, 3.8) is 0 Å². The molecule has 2 fully saturated rings. The highest BCUT2D eigenvalue weighted by Crippen LogP contribution is 2.37. The van der Waals surface area contributed by atoms with Crippen LogP contribution >= 0.6 is 0 Å². The van der Waals surface area contributed by atoms with Gasteiger partial charge in [0.1, 0.15) is 5.82 Å². The van der Waals surface area contributed by atoms with Crippen LogP contribution in [0.5, 0.6) is 0 Å². The Labute approximate surface area is 141 Å². The quantitative estimate of drug-likeness (QED) is 0.826. The average Bonchev–Trinajstić information content (AvgIpc) is 2.82. The molecule has 0 spiro atoms. The minimum atomic E-state index is -1.59. The number of carbonyl (C=O) groups excluding carboxylic acids is 1. The predicted octanol–water partition coefficient (Wildman–Crippen LogP) is 0.992. The Balaban J connectivity index is 1.42. The van der Waals surface area contributed by atoms with Crippen molar-refractivity contribution in [3.8, 4) is 0 Å². The van der Waals surface area contributed by atoms with Gasteiger partial charge in [-0.2, -0.15) is 0 Å². The van der Waals surface area contributed by atoms with Crippen LogP contribution < -0.4 is 0 Å². The Morgan fingerprint density at radius 3 is 2.71 bits per heavy atom. The van der Waals surface area contributed by atoms with E-state index >= 15 is 0 Å². The second-order valence-electron chi connectivity index (χ2n) is 7.07. The van der Waals surface area contributed by atoms with Crippen LogP contribution in [0.15, 0.2) is 6.20 Å². The number of ether oxygens (including phenoxy) is 1. The van der Waals surface area contributed by atoms with E-state index in [9.17, 15) is 9.18 Å². The smallest absolute Gasteiger partial charge is 0.260 e. The molecule has 1 aromatic heterocycles. The summed E-state index contributed by atoms with van der Waals surface area (Å²) >= 11 is 0. The molecule has 1 aromatic rings. The highest BCUT2D eigenvalue weighted by Gasteiger charge is 2.47. The Morgan fingerprint density at radius 1 is 1.21 bits per heavy atom. The summed E-state index contributed by atoms with van der Waals surface area (Å²) in [5.41, 5.74) is -0.414. The molecule has 24 heavy (non-hydrogen) atoms. The molecule has 0 radical (unpaired) electrons. The molecule has 0 N–H and O–H groups in total. The Morgan fingerprint density at radius 2 is 2.00 bits per heavy atom. The first-order valence-electron chi connectivity index (χ1n) is 8.97. The fraction of sp³-hybridized carbons (Fsp3) is 0.765. The normalized spacial score (nSPS) is 24.1. The molecule has 1 aliphatic carbocycles. The summed E-state index contributed by atoms with van der Waals surface area (Å²) in [4.78, 5) is 21.0. The first-order valence-corrected chi connectivity index (χ1v) is 8.97. The summed E-state index contributed by atoms with van der Waals surface area (Å²) in [5, 5.41) is 0. The Kier molecular flexibility index (Phi) is 4.30. The lowest BCUT2D eigenvalue weighted by atomic mass is 9.81. The molecule has 0 atom stereocenters. The van der Waals surface area contributed by atoms with Crippen LogP contribution in [0, 0.1) is 0 Å². The Hall–Kier alpha value is -1.47. The van der Waals surface area contributed by atoms with Gasteiger partial charge in [-0.25, -0.2) is 9.37 Å². The fourth-order valence-electron chi connectivity index (χ4n) is 3.80. The zero-order valence-corrected chi connectivity index (χ0v) is 14.0. The van der Waals surface area contributed by atoms with Crippen molar-refractivity contribution in [3.05, 3.63) is 17.7 Å². The number of imidazole rings is 1. The van der Waals surface area contributed by atoms with Gasteiger partial charge < -0.3 is 14.2 Å². The number of hydrogen-bond donors (Lipinski definition) is 0. The van der Waals surface area contributed by atoms with Crippen molar-refractivity contribution >= 4 is 5.91 Å². The largest absolute Gasteiger partial charge is 0.379 e. The van der Waals surface area contributed by atoms with Crippen molar-refractivity contribution in [1.29, 1.82) is 0 Å². The summed E-state index contributed by atoms with van der Waals surface area (Å²) in [7, 11) is 0. The van der Waals surface area contributed by atoms with Crippen LogP contribution in [0.3, 0.4) is 0 Å². The standard InChI is InChI=1S/C17H25FN4O2/c18-17(3-1-4-17)16(23)21-5-2-15-19-12-14(22(15)7-6-21)13-20-8-10-24-11-9-20/h12H,1-11,13H2. The molecule has 2 aliphatic heterocycles. The lowest BCUT2D eigenvalue weighted by molar-refractivity contribution is -0.149. The highest BCUT2D eigenvalue weighted by atomic mass is 19.1. The number of rotatable bonds is 3. The van der Waals surface area contributed by atoms with Gasteiger partial charge in [0.2, 0.25) is 0 Å². The molecule has 1 amide bonds. The van der Waals surface area contributed by atoms with E-state index in [2.05, 4.69) is 14.5 Å². The SMILES string of the molecule is O=C(N1CCc2ncc(CN3CCOCC3)n2CC1)C1(F)CCC1. The second kappa shape index (κ2) is 6.44. The van der Waals surface area contributed by atoms with Crippen molar-refractivity contribution < 1.29 is 13.9 Å². The van der Waals surface area contributed by atoms with E-state index in [0.29, 0.717) is 38.9 Å². The predicted molar refractivity (Wildman–Crippen MR) is 86.3 cm³/mol. The third-order valence-electron chi connectivity index (χ3n) is 5.53. The van der Waals surface area contributed by atoms with Crippen LogP contribution in [0.2, 0.25) is 0 Å². The molecule has 7 heteroatoms. The summed E-state index contributed by atoms with van der Waals surface area (Å²) in [6.45, 7) is 6.14. The first-order chi connectivity index (χ1) is 11.7. The van der Waals surface area contributed by atoms with E-state index in [4.69, 9.17) is 4.74 Å². The number of carbonyl (C=O) groups is 1. The fourth-order valence-corrected chi connectivity index (χ4v) is 3.80. The van der Waals surface area contributed by atoms with Gasteiger partial charge >= 0.3 is 0 Å². The van der Waals surface area contributed by atoms with E-state index in [1.807, 2.05) is 6.20 Å². The number of halogens is 1. The summed E-state index contributed by atoms with van der Waals surface area (Å²) in [6.07, 6.45) is 4.24. The molecule has 0 unspecified atom stereocenters. The summed E-state index contributed by atoms with van der Waals surface area (Å²) in [6, 6.07) is 0. The molecule has 4 rings (SSSR count). The van der Waals surface area contributed by atoms with E-state index < -0.39 is 5.67 Å². The molecule has 0 bridgehead atoms. The third kappa shape index (κ3) is 2.95. The zero-order chi connectivity index (χ0) is 16.6. The zero-order valence-electron chi connectivity index (χ0n) is 14.0. The number of aromatic nitrogens is 2. The van der Waals surface area contributed by atoms with Crippen molar-refractivity contribution in [1.82, 2.24) is 19.4 Å². The van der Waals surface area contributed by atoms with Gasteiger partial charge in [-0.3, -0.25) is 9.69 Å². The van der Waals surface area contributed by atoms with Crippen LogP contribution in [-0.4, -0.2) is 70.3 Å². The van der Waals surface area contributed by atoms with Crippen molar-refractivity contribution in [2.75, 3.05) is 39.4 Å². The van der Waals surface area contributed by atoms with Crippen molar-refractivity contribution in [2.24, 2.45) is 0 Å². The van der Waals surface area contributed by atoms with Crippen LogP contribution in [0.25, 0.3) is 0 Å². The van der Waals surface area contributed by atoms with Crippen LogP contribution in [0.4, 0.5) is 4.39 Å². The maximum atomic E-state index is 14.4. The molecule has 132 valence electrons. The van der Waals surface area contributed by atoms with Gasteiger partial charge in [0.15, 0.2) is 5.67 Å². The van der Waals surface area contributed by atoms with Gasteiger partial charge in [0.25, 0.3) is 5.91 Å². The minimum Gasteiger partial charge on any atom is -0.379 e. The first kappa shape index (κ1) is 16.0. The maximum absolute atomic E-state index is 14.4. The number of hydrogen-bond acceptors (Lipinski definition) is 4. The van der Waals surface area contributed by atoms with Gasteiger partial charge in [0, 0.05) is 51.9 Å². The number of fused-ring (bicyclic) bond motifs is 1. The number of nitrogens with zero attached hydrogens (tertiary/aromatic N) is 4. The minimum absolute atomic E-state index is 0.311. The molecule has 3 heterocycles. The molecular weight excluding hydrogens is 311 g/mol. The molecule has 3 aliphatic rings. The lowest BCUT2D eigenvalue weighted by Crippen LogP contribution is -2.51. The topological polar surface area (TPSA) is 50.6 Å². The number of morpholine rings is 1. The highest BCUT2D eigenvalue weighted by molar-refractivity contribution is 5.86. The number of alkyl halides is 1. The molecule has 1 saturated heterocycles. The average molecular weight is 336 g/mol. The van der Waals surface area contributed by atoms with E-state index in [-0.39, 0.29) is 5.91 Å². The molecule has 1 saturated carbocycles. The third-order valence-corrected chi connectivity index (χ3v) is 5.53. The van der Waals surface area contributed by atoms with Gasteiger partial charge in [-0.1, -0.05) is 0 Å². The second-order valence-corrected chi connectivity index (χ2v) is 7.07. The summed E-state index contributed by atoms with van der Waals surface area (Å²) < 4.78 is 22.0. The molecular formula is C17H25FN4O2. The van der Waals surface area contributed by atoms with E-state index in [1.54, 1.807) is 4.90 Å². The van der Waals surface area contributed by atoms with E-state index in [0.717, 1.165) is 45.1 Å². The van der Waals surface area contributed by atoms with Gasteiger partial charge in [0.05, 0.1) is 18.9 Å². The maximum Gasteiger partial charge on any atom is 0.260 e. The lowest BCUT2D eigenvalue weighted by Gasteiger charge is -2.36. The van der Waals surface area contributed by atoms with Crippen LogP contribution in [-0.2, 0) is 29.0 Å². The Bertz CT molecular complexity index is 608. The van der Waals surface area contributed by atoms with Gasteiger partial charge in [-0.15, -0.1) is 0 Å². The number of amides is 1.